The fourth-order valence-corrected chi connectivity index (χ4v) is 2.45. The quantitative estimate of drug-likeness (QED) is 0.903. The molecule has 0 saturated carbocycles. The van der Waals surface area contributed by atoms with Gasteiger partial charge >= 0.3 is 0 Å². The highest BCUT2D eigenvalue weighted by Gasteiger charge is 2.07. The predicted molar refractivity (Wildman–Crippen MR) is 83.1 cm³/mol. The average molecular weight is 270 g/mol. The summed E-state index contributed by atoms with van der Waals surface area (Å²) in [5.74, 6) is 0.963. The molecule has 0 atom stereocenters. The first-order valence-electron chi connectivity index (χ1n) is 6.96. The third-order valence-corrected chi connectivity index (χ3v) is 3.37. The second-order valence-electron chi connectivity index (χ2n) is 5.01. The van der Waals surface area contributed by atoms with Gasteiger partial charge < -0.3 is 10.1 Å². The predicted octanol–water partition coefficient (Wildman–Crippen LogP) is 3.48. The number of benzene rings is 1. The van der Waals surface area contributed by atoms with Crippen LogP contribution in [0.2, 0.25) is 0 Å². The Bertz CT molecular complexity index is 570. The Morgan fingerprint density at radius 2 is 1.75 bits per heavy atom. The molecule has 0 aliphatic rings. The van der Waals surface area contributed by atoms with E-state index in [0.717, 1.165) is 35.5 Å². The second-order valence-corrected chi connectivity index (χ2v) is 5.01. The maximum atomic E-state index is 5.42. The molecule has 0 bridgehead atoms. The Labute approximate surface area is 121 Å². The normalized spacial score (nSPS) is 10.6. The van der Waals surface area contributed by atoms with Gasteiger partial charge in [-0.15, -0.1) is 0 Å². The Morgan fingerprint density at radius 1 is 1.05 bits per heavy atom. The molecule has 1 aromatic carbocycles. The summed E-state index contributed by atoms with van der Waals surface area (Å²) >= 11 is 0. The van der Waals surface area contributed by atoms with Crippen LogP contribution in [0.4, 0.5) is 0 Å². The van der Waals surface area contributed by atoms with Gasteiger partial charge in [0.2, 0.25) is 0 Å². The van der Waals surface area contributed by atoms with Crippen molar-refractivity contribution < 1.29 is 4.74 Å². The molecule has 106 valence electrons. The number of nitrogens with one attached hydrogen (secondary N) is 1. The largest absolute Gasteiger partial charge is 0.496 e. The lowest BCUT2D eigenvalue weighted by Crippen LogP contribution is -2.11. The number of methoxy groups -OCH3 is 1. The number of rotatable bonds is 5. The third kappa shape index (κ3) is 3.17. The van der Waals surface area contributed by atoms with Gasteiger partial charge in [-0.3, -0.25) is 4.98 Å². The molecule has 0 unspecified atom stereocenters. The number of hydrogen-bond acceptors (Lipinski definition) is 3. The van der Waals surface area contributed by atoms with Crippen LogP contribution in [0.3, 0.4) is 0 Å². The summed E-state index contributed by atoms with van der Waals surface area (Å²) in [7, 11) is 1.72. The molecule has 1 aromatic heterocycles. The maximum absolute atomic E-state index is 5.42. The van der Waals surface area contributed by atoms with E-state index in [1.54, 1.807) is 7.11 Å². The molecule has 0 saturated heterocycles. The first-order chi connectivity index (χ1) is 9.65. The Morgan fingerprint density at radius 3 is 2.35 bits per heavy atom. The molecule has 20 heavy (non-hydrogen) atoms. The van der Waals surface area contributed by atoms with Crippen molar-refractivity contribution in [3.05, 3.63) is 47.3 Å². The van der Waals surface area contributed by atoms with E-state index >= 15 is 0 Å². The molecule has 0 fully saturated rings. The first-order valence-corrected chi connectivity index (χ1v) is 6.96. The minimum absolute atomic E-state index is 0.853. The highest BCUT2D eigenvalue weighted by molar-refractivity contribution is 5.67. The molecule has 0 radical (unpaired) electrons. The lowest BCUT2D eigenvalue weighted by atomic mass is 10.00. The second kappa shape index (κ2) is 6.53. The van der Waals surface area contributed by atoms with Crippen molar-refractivity contribution in [2.45, 2.75) is 27.3 Å². The van der Waals surface area contributed by atoms with Gasteiger partial charge in [-0.1, -0.05) is 6.92 Å². The summed E-state index contributed by atoms with van der Waals surface area (Å²) < 4.78 is 5.42. The van der Waals surface area contributed by atoms with Gasteiger partial charge in [-0.25, -0.2) is 0 Å². The van der Waals surface area contributed by atoms with Crippen molar-refractivity contribution in [3.8, 4) is 16.9 Å². The fourth-order valence-electron chi connectivity index (χ4n) is 2.45. The number of aromatic nitrogens is 1. The van der Waals surface area contributed by atoms with Crippen molar-refractivity contribution in [1.82, 2.24) is 10.3 Å². The van der Waals surface area contributed by atoms with Crippen molar-refractivity contribution in [1.29, 1.82) is 0 Å². The summed E-state index contributed by atoms with van der Waals surface area (Å²) in [5, 5.41) is 3.32. The maximum Gasteiger partial charge on any atom is 0.124 e. The standard InChI is InChI=1S/C17H22N2O/c1-5-18-9-14-8-16(11-19-10-14)15-6-12(2)17(20-4)13(3)7-15/h6-8,10-11,18H,5,9H2,1-4H3. The van der Waals surface area contributed by atoms with Crippen LogP contribution in [0.15, 0.2) is 30.6 Å². The monoisotopic (exact) mass is 270 g/mol. The van der Waals surface area contributed by atoms with Crippen molar-refractivity contribution in [2.24, 2.45) is 0 Å². The summed E-state index contributed by atoms with van der Waals surface area (Å²) in [6.45, 7) is 8.07. The van der Waals surface area contributed by atoms with Crippen LogP contribution >= 0.6 is 0 Å². The SMILES string of the molecule is CCNCc1cncc(-c2cc(C)c(OC)c(C)c2)c1. The number of ether oxygens (including phenoxy) is 1. The van der Waals surface area contributed by atoms with E-state index < -0.39 is 0 Å². The van der Waals surface area contributed by atoms with E-state index in [0.29, 0.717) is 0 Å². The van der Waals surface area contributed by atoms with Gasteiger partial charge in [0.1, 0.15) is 5.75 Å². The van der Waals surface area contributed by atoms with Crippen LogP contribution in [-0.4, -0.2) is 18.6 Å². The molecule has 1 heterocycles. The van der Waals surface area contributed by atoms with Crippen molar-refractivity contribution in [2.75, 3.05) is 13.7 Å². The smallest absolute Gasteiger partial charge is 0.124 e. The van der Waals surface area contributed by atoms with Crippen LogP contribution in [0, 0.1) is 13.8 Å². The van der Waals surface area contributed by atoms with Crippen LogP contribution in [0.5, 0.6) is 5.75 Å². The van der Waals surface area contributed by atoms with Crippen LogP contribution in [0.25, 0.3) is 11.1 Å². The molecule has 0 aliphatic heterocycles. The van der Waals surface area contributed by atoms with E-state index in [-0.39, 0.29) is 0 Å². The minimum atomic E-state index is 0.853. The molecule has 0 aliphatic carbocycles. The summed E-state index contributed by atoms with van der Waals surface area (Å²) in [6.07, 6.45) is 3.82. The third-order valence-electron chi connectivity index (χ3n) is 3.37. The van der Waals surface area contributed by atoms with E-state index in [9.17, 15) is 0 Å². The number of pyridine rings is 1. The summed E-state index contributed by atoms with van der Waals surface area (Å²) in [5.41, 5.74) is 5.84. The zero-order valence-electron chi connectivity index (χ0n) is 12.7. The van der Waals surface area contributed by atoms with Gasteiger partial charge in [0, 0.05) is 24.5 Å². The van der Waals surface area contributed by atoms with E-state index in [2.05, 4.69) is 49.3 Å². The molecule has 3 heteroatoms. The fraction of sp³-hybridized carbons (Fsp3) is 0.353. The van der Waals surface area contributed by atoms with Crippen molar-refractivity contribution in [3.63, 3.8) is 0 Å². The average Bonchev–Trinajstić information content (AvgIpc) is 2.45. The molecule has 2 rings (SSSR count). The summed E-state index contributed by atoms with van der Waals surface area (Å²) in [4.78, 5) is 4.34. The highest BCUT2D eigenvalue weighted by Crippen LogP contribution is 2.29. The number of hydrogen-bond donors (Lipinski definition) is 1. The zero-order valence-corrected chi connectivity index (χ0v) is 12.7. The summed E-state index contributed by atoms with van der Waals surface area (Å²) in [6, 6.07) is 6.50. The van der Waals surface area contributed by atoms with Crippen LogP contribution in [-0.2, 0) is 6.54 Å². The van der Waals surface area contributed by atoms with Gasteiger partial charge in [0.05, 0.1) is 7.11 Å². The molecule has 0 amide bonds. The van der Waals surface area contributed by atoms with E-state index in [1.165, 1.54) is 11.1 Å². The lowest BCUT2D eigenvalue weighted by molar-refractivity contribution is 0.408. The van der Waals surface area contributed by atoms with Gasteiger partial charge in [0.25, 0.3) is 0 Å². The van der Waals surface area contributed by atoms with Crippen molar-refractivity contribution >= 4 is 0 Å². The highest BCUT2D eigenvalue weighted by atomic mass is 16.5. The molecular formula is C17H22N2O. The zero-order chi connectivity index (χ0) is 14.5. The molecule has 0 spiro atoms. The number of nitrogens with zero attached hydrogens (tertiary/aromatic N) is 1. The Kier molecular flexibility index (Phi) is 4.74. The van der Waals surface area contributed by atoms with E-state index in [4.69, 9.17) is 4.74 Å². The van der Waals surface area contributed by atoms with Gasteiger partial charge in [-0.2, -0.15) is 0 Å². The van der Waals surface area contributed by atoms with Gasteiger partial charge in [-0.05, 0) is 60.8 Å². The molecule has 1 N–H and O–H groups in total. The van der Waals surface area contributed by atoms with Crippen LogP contribution < -0.4 is 10.1 Å². The first kappa shape index (κ1) is 14.5. The number of aryl methyl sites for hydroxylation is 2. The Hall–Kier alpha value is -1.87. The molecular weight excluding hydrogens is 248 g/mol. The molecule has 2 aromatic rings. The molecule has 3 nitrogen and oxygen atoms in total. The minimum Gasteiger partial charge on any atom is -0.496 e. The lowest BCUT2D eigenvalue weighted by Gasteiger charge is -2.12. The topological polar surface area (TPSA) is 34.2 Å². The van der Waals surface area contributed by atoms with Gasteiger partial charge in [0.15, 0.2) is 0 Å². The Balaban J connectivity index is 2.36. The van der Waals surface area contributed by atoms with Crippen LogP contribution in [0.1, 0.15) is 23.6 Å². The van der Waals surface area contributed by atoms with E-state index in [1.807, 2.05) is 12.4 Å².